The zero-order valence-corrected chi connectivity index (χ0v) is 12.3. The maximum Gasteiger partial charge on any atom is 0.337 e. The Bertz CT molecular complexity index is 674. The summed E-state index contributed by atoms with van der Waals surface area (Å²) in [7, 11) is -3.94. The first-order valence-electron chi connectivity index (χ1n) is 5.98. The van der Waals surface area contributed by atoms with E-state index >= 15 is 0 Å². The van der Waals surface area contributed by atoms with Crippen molar-refractivity contribution in [3.63, 3.8) is 0 Å². The first kappa shape index (κ1) is 16.0. The van der Waals surface area contributed by atoms with Crippen molar-refractivity contribution >= 4 is 21.7 Å². The summed E-state index contributed by atoms with van der Waals surface area (Å²) in [6, 6.07) is 4.76. The molecule has 0 radical (unpaired) electrons. The highest BCUT2D eigenvalue weighted by atomic mass is 32.2. The topological polar surface area (TPSA) is 107 Å². The van der Waals surface area contributed by atoms with Gasteiger partial charge in [0.05, 0.1) is 17.3 Å². The largest absolute Gasteiger partial charge is 0.478 e. The van der Waals surface area contributed by atoms with Gasteiger partial charge < -0.3 is 5.11 Å². The molecule has 0 fully saturated rings. The molecule has 0 heterocycles. The summed E-state index contributed by atoms with van der Waals surface area (Å²) in [4.78, 5) is 11.2. The van der Waals surface area contributed by atoms with E-state index in [9.17, 15) is 13.2 Å². The Morgan fingerprint density at radius 1 is 1.45 bits per heavy atom. The molecule has 0 spiro atoms. The third-order valence-electron chi connectivity index (χ3n) is 2.84. The maximum absolute atomic E-state index is 12.0. The number of nitriles is 1. The minimum absolute atomic E-state index is 0.0109. The van der Waals surface area contributed by atoms with Gasteiger partial charge in [-0.3, -0.25) is 4.72 Å². The highest BCUT2D eigenvalue weighted by Crippen LogP contribution is 2.25. The van der Waals surface area contributed by atoms with Crippen LogP contribution in [0.4, 0.5) is 5.69 Å². The van der Waals surface area contributed by atoms with Gasteiger partial charge in [-0.2, -0.15) is 5.26 Å². The third-order valence-corrected chi connectivity index (χ3v) is 4.52. The molecule has 20 heavy (non-hydrogen) atoms. The Balaban J connectivity index is 3.36. The van der Waals surface area contributed by atoms with Gasteiger partial charge in [-0.05, 0) is 37.5 Å². The van der Waals surface area contributed by atoms with Gasteiger partial charge in [0.1, 0.15) is 0 Å². The molecular formula is C13H16N2O4S. The second-order valence-corrected chi connectivity index (χ2v) is 6.35. The fraction of sp³-hybridized carbons (Fsp3) is 0.385. The molecule has 0 saturated carbocycles. The molecule has 0 aliphatic rings. The average Bonchev–Trinajstić information content (AvgIpc) is 2.33. The van der Waals surface area contributed by atoms with E-state index in [0.717, 1.165) is 5.56 Å². The van der Waals surface area contributed by atoms with Crippen LogP contribution in [0.1, 0.15) is 34.8 Å². The molecule has 0 amide bonds. The van der Waals surface area contributed by atoms with Crippen molar-refractivity contribution in [3.8, 4) is 6.07 Å². The van der Waals surface area contributed by atoms with Crippen molar-refractivity contribution in [3.05, 3.63) is 28.8 Å². The van der Waals surface area contributed by atoms with Crippen molar-refractivity contribution in [1.29, 1.82) is 5.26 Å². The fourth-order valence-corrected chi connectivity index (χ4v) is 3.14. The zero-order valence-electron chi connectivity index (χ0n) is 11.5. The van der Waals surface area contributed by atoms with E-state index in [1.165, 1.54) is 6.07 Å². The second-order valence-electron chi connectivity index (χ2n) is 4.48. The molecule has 0 saturated heterocycles. The summed E-state index contributed by atoms with van der Waals surface area (Å²) in [5.74, 6) is -1.22. The van der Waals surface area contributed by atoms with Gasteiger partial charge in [0.15, 0.2) is 5.25 Å². The molecule has 1 rings (SSSR count). The van der Waals surface area contributed by atoms with E-state index in [1.807, 2.05) is 0 Å². The van der Waals surface area contributed by atoms with Gasteiger partial charge in [0, 0.05) is 0 Å². The van der Waals surface area contributed by atoms with Crippen molar-refractivity contribution in [2.45, 2.75) is 32.4 Å². The molecule has 0 aromatic heterocycles. The molecule has 7 heteroatoms. The number of carbonyl (C=O) groups is 1. The molecule has 1 unspecified atom stereocenters. The van der Waals surface area contributed by atoms with Gasteiger partial charge in [-0.1, -0.05) is 13.0 Å². The lowest BCUT2D eigenvalue weighted by molar-refractivity contribution is 0.0698. The number of rotatable bonds is 5. The molecule has 6 nitrogen and oxygen atoms in total. The van der Waals surface area contributed by atoms with Crippen LogP contribution in [0.25, 0.3) is 0 Å². The number of nitrogens with one attached hydrogen (secondary N) is 1. The van der Waals surface area contributed by atoms with E-state index in [4.69, 9.17) is 10.4 Å². The minimum atomic E-state index is -3.94. The van der Waals surface area contributed by atoms with Gasteiger partial charge in [0.25, 0.3) is 0 Å². The van der Waals surface area contributed by atoms with Crippen LogP contribution in [0.3, 0.4) is 0 Å². The van der Waals surface area contributed by atoms with Crippen molar-refractivity contribution < 1.29 is 18.3 Å². The summed E-state index contributed by atoms with van der Waals surface area (Å²) in [5, 5.41) is 16.8. The van der Waals surface area contributed by atoms with Crippen molar-refractivity contribution in [2.75, 3.05) is 4.72 Å². The van der Waals surface area contributed by atoms with E-state index in [-0.39, 0.29) is 17.7 Å². The highest BCUT2D eigenvalue weighted by molar-refractivity contribution is 7.93. The van der Waals surface area contributed by atoms with Gasteiger partial charge in [-0.15, -0.1) is 0 Å². The number of carboxylic acid groups (broad SMARTS) is 1. The highest BCUT2D eigenvalue weighted by Gasteiger charge is 2.26. The van der Waals surface area contributed by atoms with Crippen LogP contribution in [-0.4, -0.2) is 24.7 Å². The number of sulfonamides is 1. The van der Waals surface area contributed by atoms with Gasteiger partial charge in [0.2, 0.25) is 10.0 Å². The van der Waals surface area contributed by atoms with Crippen LogP contribution < -0.4 is 4.72 Å². The van der Waals surface area contributed by atoms with Crippen LogP contribution in [0.15, 0.2) is 12.1 Å². The van der Waals surface area contributed by atoms with Crippen LogP contribution in [0.5, 0.6) is 0 Å². The standard InChI is InChI=1S/C13H16N2O4S/c1-4-10(7-14)20(18,19)15-12-9(3)5-8(2)6-11(12)13(16)17/h5-6,10,15H,4H2,1-3H3,(H,16,17). The number of hydrogen-bond acceptors (Lipinski definition) is 4. The quantitative estimate of drug-likeness (QED) is 0.864. The summed E-state index contributed by atoms with van der Waals surface area (Å²) in [5.41, 5.74) is 1.10. The molecule has 108 valence electrons. The number of aromatic carboxylic acids is 1. The van der Waals surface area contributed by atoms with Crippen LogP contribution >= 0.6 is 0 Å². The minimum Gasteiger partial charge on any atom is -0.478 e. The molecule has 0 bridgehead atoms. The molecule has 1 aromatic carbocycles. The predicted molar refractivity (Wildman–Crippen MR) is 75.1 cm³/mol. The molecular weight excluding hydrogens is 280 g/mol. The SMILES string of the molecule is CCC(C#N)S(=O)(=O)Nc1c(C)cc(C)cc1C(=O)O. The Labute approximate surface area is 118 Å². The normalized spacial score (nSPS) is 12.5. The van der Waals surface area contributed by atoms with Crippen LogP contribution in [0, 0.1) is 25.2 Å². The molecule has 0 aliphatic carbocycles. The summed E-state index contributed by atoms with van der Waals surface area (Å²) >= 11 is 0. The zero-order chi connectivity index (χ0) is 15.5. The van der Waals surface area contributed by atoms with Gasteiger partial charge in [-0.25, -0.2) is 13.2 Å². The third kappa shape index (κ3) is 3.27. The number of carboxylic acids is 1. The summed E-state index contributed by atoms with van der Waals surface area (Å²) in [6.45, 7) is 4.92. The Hall–Kier alpha value is -2.07. The Kier molecular flexibility index (Phi) is 4.73. The average molecular weight is 296 g/mol. The van der Waals surface area contributed by atoms with E-state index < -0.39 is 21.2 Å². The lowest BCUT2D eigenvalue weighted by Gasteiger charge is -2.16. The maximum atomic E-state index is 12.0. The van der Waals surface area contributed by atoms with Crippen molar-refractivity contribution in [2.24, 2.45) is 0 Å². The molecule has 1 aromatic rings. The summed E-state index contributed by atoms with van der Waals surface area (Å²) in [6.07, 6.45) is 0.124. The van der Waals surface area contributed by atoms with Crippen LogP contribution in [-0.2, 0) is 10.0 Å². The first-order valence-corrected chi connectivity index (χ1v) is 7.53. The fourth-order valence-electron chi connectivity index (χ4n) is 1.87. The number of hydrogen-bond donors (Lipinski definition) is 2. The predicted octanol–water partition coefficient (Wildman–Crippen LogP) is 2.05. The molecule has 1 atom stereocenters. The Morgan fingerprint density at radius 2 is 2.05 bits per heavy atom. The first-order chi connectivity index (χ1) is 9.22. The van der Waals surface area contributed by atoms with E-state index in [1.54, 1.807) is 32.9 Å². The monoisotopic (exact) mass is 296 g/mol. The second kappa shape index (κ2) is 5.92. The lowest BCUT2D eigenvalue weighted by Crippen LogP contribution is -2.27. The number of anilines is 1. The number of nitrogens with zero attached hydrogens (tertiary/aromatic N) is 1. The number of benzene rings is 1. The van der Waals surface area contributed by atoms with Crippen LogP contribution in [0.2, 0.25) is 0 Å². The van der Waals surface area contributed by atoms with E-state index in [2.05, 4.69) is 4.72 Å². The van der Waals surface area contributed by atoms with E-state index in [0.29, 0.717) is 5.56 Å². The Morgan fingerprint density at radius 3 is 2.50 bits per heavy atom. The molecule has 0 aliphatic heterocycles. The number of aryl methyl sites for hydroxylation is 2. The van der Waals surface area contributed by atoms with Gasteiger partial charge >= 0.3 is 5.97 Å². The molecule has 2 N–H and O–H groups in total. The lowest BCUT2D eigenvalue weighted by atomic mass is 10.0. The summed E-state index contributed by atoms with van der Waals surface area (Å²) < 4.78 is 26.3. The smallest absolute Gasteiger partial charge is 0.337 e. The van der Waals surface area contributed by atoms with Crippen molar-refractivity contribution in [1.82, 2.24) is 0 Å².